The zero-order chi connectivity index (χ0) is 35.7. The molecule has 0 amide bonds. The van der Waals surface area contributed by atoms with Crippen LogP contribution in [0.1, 0.15) is 82.9 Å². The summed E-state index contributed by atoms with van der Waals surface area (Å²) in [4.78, 5) is 0. The minimum atomic E-state index is -0.350. The van der Waals surface area contributed by atoms with E-state index in [-0.39, 0.29) is 12.3 Å². The van der Waals surface area contributed by atoms with Gasteiger partial charge in [0.1, 0.15) is 0 Å². The molecular weight excluding hydrogens is 623 g/mol. The van der Waals surface area contributed by atoms with Crippen LogP contribution in [-0.4, -0.2) is 11.6 Å². The van der Waals surface area contributed by atoms with E-state index in [0.29, 0.717) is 6.54 Å². The molecule has 0 saturated carbocycles. The summed E-state index contributed by atoms with van der Waals surface area (Å²) < 4.78 is 2.43. The highest BCUT2D eigenvalue weighted by Gasteiger charge is 2.25. The van der Waals surface area contributed by atoms with Crippen molar-refractivity contribution in [3.8, 4) is 5.69 Å². The van der Waals surface area contributed by atoms with Gasteiger partial charge in [-0.2, -0.15) is 0 Å². The zero-order valence-electron chi connectivity index (χ0n) is 30.0. The van der Waals surface area contributed by atoms with Crippen LogP contribution in [0.15, 0.2) is 140 Å². The Kier molecular flexibility index (Phi) is 11.4. The van der Waals surface area contributed by atoms with Gasteiger partial charge >= 0.3 is 0 Å². The molecule has 0 radical (unpaired) electrons. The van der Waals surface area contributed by atoms with Crippen molar-refractivity contribution < 1.29 is 0 Å². The third-order valence-electron chi connectivity index (χ3n) is 9.36. The predicted octanol–water partition coefficient (Wildman–Crippen LogP) is 9.81. The monoisotopic (exact) mass is 671 g/mol. The first-order valence-corrected chi connectivity index (χ1v) is 17.7. The van der Waals surface area contributed by atoms with E-state index in [0.717, 1.165) is 52.0 Å². The summed E-state index contributed by atoms with van der Waals surface area (Å²) in [5.74, 6) is 0. The number of nitrogens with two attached hydrogens (primary N) is 1. The summed E-state index contributed by atoms with van der Waals surface area (Å²) in [5.41, 5.74) is 21.9. The zero-order valence-corrected chi connectivity index (χ0v) is 30.0. The second kappa shape index (κ2) is 16.5. The molecular formula is C46H49N5. The minimum absolute atomic E-state index is 0.197. The highest BCUT2D eigenvalue weighted by Crippen LogP contribution is 2.39. The van der Waals surface area contributed by atoms with E-state index in [2.05, 4.69) is 145 Å². The summed E-state index contributed by atoms with van der Waals surface area (Å²) in [6.07, 6.45) is 11.9. The van der Waals surface area contributed by atoms with Gasteiger partial charge in [0.25, 0.3) is 0 Å². The molecule has 0 bridgehead atoms. The first-order chi connectivity index (χ1) is 24.9. The topological polar surface area (TPSA) is 67.0 Å². The lowest BCUT2D eigenvalue weighted by molar-refractivity contribution is 0.385. The molecule has 258 valence electrons. The van der Waals surface area contributed by atoms with Gasteiger partial charge in [-0.15, -0.1) is 0 Å². The Labute approximate surface area is 303 Å². The summed E-state index contributed by atoms with van der Waals surface area (Å²) in [5, 5.41) is 10.5. The number of rotatable bonds is 14. The second-order valence-corrected chi connectivity index (χ2v) is 13.3. The molecule has 1 heterocycles. The molecule has 2 atom stereocenters. The summed E-state index contributed by atoms with van der Waals surface area (Å²) in [6.45, 7) is 13.5. The molecule has 1 aliphatic rings. The van der Waals surface area contributed by atoms with Crippen molar-refractivity contribution >= 4 is 29.4 Å². The van der Waals surface area contributed by atoms with Crippen molar-refractivity contribution in [2.45, 2.75) is 45.6 Å². The van der Waals surface area contributed by atoms with Gasteiger partial charge in [0.05, 0.1) is 18.0 Å². The molecule has 5 N–H and O–H groups in total. The van der Waals surface area contributed by atoms with E-state index >= 15 is 0 Å². The fourth-order valence-corrected chi connectivity index (χ4v) is 6.79. The Hall–Kier alpha value is -5.46. The lowest BCUT2D eigenvalue weighted by Crippen LogP contribution is -2.39. The van der Waals surface area contributed by atoms with Crippen LogP contribution in [0.3, 0.4) is 0 Å². The molecule has 5 nitrogen and oxygen atoms in total. The van der Waals surface area contributed by atoms with Crippen LogP contribution in [0.2, 0.25) is 0 Å². The molecule has 2 unspecified atom stereocenters. The Bertz CT molecular complexity index is 2060. The molecule has 5 heteroatoms. The Morgan fingerprint density at radius 3 is 2.27 bits per heavy atom. The van der Waals surface area contributed by atoms with Gasteiger partial charge in [0.2, 0.25) is 0 Å². The SMILES string of the molecule is C=Cc1c2c(n(-c3cccc(C(NCc4ccccc4)NC(N)c4ccccc4)c3)c1C=C(C)C)CCC(c1ccc(C(=C)/C=C\NC)cc1)=C2. The molecule has 5 aromatic rings. The number of aromatic nitrogens is 1. The largest absolute Gasteiger partial charge is 0.394 e. The number of allylic oxidation sites excluding steroid dienone is 4. The van der Waals surface area contributed by atoms with E-state index in [4.69, 9.17) is 5.73 Å². The molecule has 6 rings (SSSR count). The van der Waals surface area contributed by atoms with Gasteiger partial charge in [0.15, 0.2) is 0 Å². The maximum Gasteiger partial charge on any atom is 0.0853 e. The lowest BCUT2D eigenvalue weighted by atomic mass is 9.90. The maximum absolute atomic E-state index is 6.75. The first-order valence-electron chi connectivity index (χ1n) is 17.7. The highest BCUT2D eigenvalue weighted by atomic mass is 15.2. The van der Waals surface area contributed by atoms with E-state index in [1.807, 2.05) is 49.7 Å². The maximum atomic E-state index is 6.75. The van der Waals surface area contributed by atoms with Gasteiger partial charge < -0.3 is 15.6 Å². The fraction of sp³-hybridized carbons (Fsp3) is 0.174. The number of fused-ring (bicyclic) bond motifs is 1. The van der Waals surface area contributed by atoms with Gasteiger partial charge in [-0.1, -0.05) is 122 Å². The standard InChI is InChI=1S/C46H49N5/c1-6-41-42-30-38(36-22-20-35(21-23-36)33(4)26-27-48-5)24-25-43(42)51(44(41)28-32(2)3)40-19-13-18-39(29-40)46(49-31-34-14-9-7-10-15-34)50-45(47)37-16-11-8-12-17-37/h6-23,26-30,45-46,48-50H,1,4,24-25,31,47H2,2-3,5H3/b27-26-. The van der Waals surface area contributed by atoms with E-state index in [1.54, 1.807) is 0 Å². The summed E-state index contributed by atoms with van der Waals surface area (Å²) in [7, 11) is 1.89. The summed E-state index contributed by atoms with van der Waals surface area (Å²) >= 11 is 0. The van der Waals surface area contributed by atoms with Crippen molar-refractivity contribution in [2.24, 2.45) is 5.73 Å². The number of hydrogen-bond donors (Lipinski definition) is 4. The van der Waals surface area contributed by atoms with Gasteiger partial charge in [-0.3, -0.25) is 10.6 Å². The van der Waals surface area contributed by atoms with E-state index in [1.165, 1.54) is 33.5 Å². The molecule has 0 spiro atoms. The van der Waals surface area contributed by atoms with Crippen molar-refractivity contribution in [3.05, 3.63) is 191 Å². The third kappa shape index (κ3) is 8.30. The van der Waals surface area contributed by atoms with Crippen LogP contribution in [-0.2, 0) is 13.0 Å². The van der Waals surface area contributed by atoms with Crippen molar-refractivity contribution in [3.63, 3.8) is 0 Å². The van der Waals surface area contributed by atoms with E-state index < -0.39 is 0 Å². The van der Waals surface area contributed by atoms with Crippen LogP contribution in [0, 0.1) is 0 Å². The lowest BCUT2D eigenvalue weighted by Gasteiger charge is -2.26. The first kappa shape index (κ1) is 35.4. The quantitative estimate of drug-likeness (QED) is 0.0701. The Balaban J connectivity index is 1.39. The van der Waals surface area contributed by atoms with Gasteiger partial charge in [-0.25, -0.2) is 0 Å². The molecule has 0 aliphatic heterocycles. The van der Waals surface area contributed by atoms with Gasteiger partial charge in [0, 0.05) is 36.1 Å². The van der Waals surface area contributed by atoms with Crippen LogP contribution >= 0.6 is 0 Å². The van der Waals surface area contributed by atoms with Crippen LogP contribution < -0.4 is 21.7 Å². The fourth-order valence-electron chi connectivity index (χ4n) is 6.79. The normalized spacial score (nSPS) is 13.6. The van der Waals surface area contributed by atoms with Gasteiger partial charge in [-0.05, 0) is 102 Å². The highest BCUT2D eigenvalue weighted by molar-refractivity contribution is 5.90. The van der Waals surface area contributed by atoms with Crippen LogP contribution in [0.5, 0.6) is 0 Å². The molecule has 1 aliphatic carbocycles. The van der Waals surface area contributed by atoms with Crippen LogP contribution in [0.4, 0.5) is 0 Å². The number of nitrogens with one attached hydrogen (secondary N) is 3. The number of benzene rings is 4. The Morgan fingerprint density at radius 2 is 1.59 bits per heavy atom. The van der Waals surface area contributed by atoms with Crippen molar-refractivity contribution in [1.82, 2.24) is 20.5 Å². The molecule has 51 heavy (non-hydrogen) atoms. The molecule has 4 aromatic carbocycles. The predicted molar refractivity (Wildman–Crippen MR) is 218 cm³/mol. The number of hydrogen-bond acceptors (Lipinski definition) is 4. The van der Waals surface area contributed by atoms with Crippen molar-refractivity contribution in [2.75, 3.05) is 7.05 Å². The molecule has 0 fully saturated rings. The average Bonchev–Trinajstić information content (AvgIpc) is 3.47. The third-order valence-corrected chi connectivity index (χ3v) is 9.36. The second-order valence-electron chi connectivity index (χ2n) is 13.3. The Morgan fingerprint density at radius 1 is 0.882 bits per heavy atom. The molecule has 1 aromatic heterocycles. The smallest absolute Gasteiger partial charge is 0.0853 e. The van der Waals surface area contributed by atoms with E-state index in [9.17, 15) is 0 Å². The van der Waals surface area contributed by atoms with Crippen molar-refractivity contribution in [1.29, 1.82) is 0 Å². The summed E-state index contributed by atoms with van der Waals surface area (Å²) in [6, 6.07) is 38.2. The molecule has 0 saturated heterocycles. The number of nitrogens with zero attached hydrogens (tertiary/aromatic N) is 1. The minimum Gasteiger partial charge on any atom is -0.394 e. The average molecular weight is 672 g/mol. The van der Waals surface area contributed by atoms with Crippen LogP contribution in [0.25, 0.3) is 35.1 Å².